The van der Waals surface area contributed by atoms with E-state index in [1.807, 2.05) is 0 Å². The van der Waals surface area contributed by atoms with Gasteiger partial charge in [0.25, 0.3) is 0 Å². The predicted molar refractivity (Wildman–Crippen MR) is 58.2 cm³/mol. The van der Waals surface area contributed by atoms with Crippen molar-refractivity contribution in [3.8, 4) is 0 Å². The van der Waals surface area contributed by atoms with Crippen molar-refractivity contribution in [2.75, 3.05) is 25.1 Å². The van der Waals surface area contributed by atoms with Gasteiger partial charge in [0.1, 0.15) is 6.04 Å². The average Bonchev–Trinajstić information content (AvgIpc) is 2.20. The van der Waals surface area contributed by atoms with E-state index in [1.54, 1.807) is 21.0 Å². The Morgan fingerprint density at radius 1 is 1.47 bits per heavy atom. The fourth-order valence-corrected chi connectivity index (χ4v) is 1.06. The van der Waals surface area contributed by atoms with Gasteiger partial charge in [0.05, 0.1) is 18.1 Å². The van der Waals surface area contributed by atoms with Crippen LogP contribution >= 0.6 is 0 Å². The first kappa shape index (κ1) is 11.2. The zero-order valence-corrected chi connectivity index (χ0v) is 9.06. The first-order chi connectivity index (χ1) is 7.00. The maximum absolute atomic E-state index is 11.5. The van der Waals surface area contributed by atoms with Gasteiger partial charge in [-0.25, -0.2) is 9.97 Å². The summed E-state index contributed by atoms with van der Waals surface area (Å²) in [4.78, 5) is 20.9. The fraction of sp³-hybridized carbons (Fsp3) is 0.444. The first-order valence-electron chi connectivity index (χ1n) is 4.56. The molecule has 15 heavy (non-hydrogen) atoms. The molecule has 0 aliphatic carbocycles. The lowest BCUT2D eigenvalue weighted by Gasteiger charge is -2.17. The van der Waals surface area contributed by atoms with Crippen LogP contribution in [-0.4, -0.2) is 40.9 Å². The number of carbonyl (C=O) groups is 1. The van der Waals surface area contributed by atoms with Gasteiger partial charge in [0, 0.05) is 14.1 Å². The van der Waals surface area contributed by atoms with E-state index in [0.29, 0.717) is 11.6 Å². The van der Waals surface area contributed by atoms with E-state index in [-0.39, 0.29) is 11.9 Å². The molecule has 0 aliphatic heterocycles. The molecule has 0 bridgehead atoms. The summed E-state index contributed by atoms with van der Waals surface area (Å²) in [5, 5.41) is 2.88. The average molecular weight is 209 g/mol. The molecular formula is C9H15N5O. The van der Waals surface area contributed by atoms with Crippen LogP contribution < -0.4 is 11.1 Å². The molecule has 1 amide bonds. The van der Waals surface area contributed by atoms with Gasteiger partial charge in [0.15, 0.2) is 0 Å². The molecule has 1 heterocycles. The molecule has 1 rings (SSSR count). The van der Waals surface area contributed by atoms with Crippen molar-refractivity contribution >= 4 is 17.5 Å². The van der Waals surface area contributed by atoms with Gasteiger partial charge in [-0.2, -0.15) is 0 Å². The number of carbonyl (C=O) groups excluding carboxylic acids is 1. The third kappa shape index (κ3) is 3.08. The SMILES string of the molecule is CC(Nc1ncc(N)cn1)C(=O)N(C)C. The Bertz CT molecular complexity index is 335. The first-order valence-corrected chi connectivity index (χ1v) is 4.56. The van der Waals surface area contributed by atoms with Crippen LogP contribution in [0.25, 0.3) is 0 Å². The van der Waals surface area contributed by atoms with E-state index in [9.17, 15) is 4.79 Å². The normalized spacial score (nSPS) is 11.9. The van der Waals surface area contributed by atoms with Gasteiger partial charge in [-0.15, -0.1) is 0 Å². The molecule has 1 atom stereocenters. The van der Waals surface area contributed by atoms with Gasteiger partial charge in [-0.3, -0.25) is 4.79 Å². The number of nitrogen functional groups attached to an aromatic ring is 1. The Morgan fingerprint density at radius 3 is 2.47 bits per heavy atom. The molecule has 1 aromatic heterocycles. The molecule has 0 saturated heterocycles. The third-order valence-corrected chi connectivity index (χ3v) is 1.83. The van der Waals surface area contributed by atoms with Crippen LogP contribution in [-0.2, 0) is 4.79 Å². The van der Waals surface area contributed by atoms with E-state index < -0.39 is 0 Å². The lowest BCUT2D eigenvalue weighted by molar-refractivity contribution is -0.129. The second-order valence-electron chi connectivity index (χ2n) is 3.44. The maximum atomic E-state index is 11.5. The molecule has 6 heteroatoms. The van der Waals surface area contributed by atoms with E-state index >= 15 is 0 Å². The van der Waals surface area contributed by atoms with Crippen molar-refractivity contribution in [3.05, 3.63) is 12.4 Å². The van der Waals surface area contributed by atoms with Gasteiger partial charge in [-0.05, 0) is 6.92 Å². The molecule has 82 valence electrons. The Morgan fingerprint density at radius 2 is 2.00 bits per heavy atom. The van der Waals surface area contributed by atoms with Gasteiger partial charge in [-0.1, -0.05) is 0 Å². The minimum atomic E-state index is -0.358. The highest BCUT2D eigenvalue weighted by atomic mass is 16.2. The lowest BCUT2D eigenvalue weighted by Crippen LogP contribution is -2.37. The van der Waals surface area contributed by atoms with E-state index in [4.69, 9.17) is 5.73 Å². The maximum Gasteiger partial charge on any atom is 0.244 e. The molecule has 0 spiro atoms. The van der Waals surface area contributed by atoms with Crippen molar-refractivity contribution in [1.82, 2.24) is 14.9 Å². The lowest BCUT2D eigenvalue weighted by atomic mass is 10.3. The number of nitrogens with two attached hydrogens (primary N) is 1. The minimum Gasteiger partial charge on any atom is -0.396 e. The van der Waals surface area contributed by atoms with Gasteiger partial charge < -0.3 is 16.0 Å². The topological polar surface area (TPSA) is 84.1 Å². The quantitative estimate of drug-likeness (QED) is 0.729. The second-order valence-corrected chi connectivity index (χ2v) is 3.44. The number of hydrogen-bond acceptors (Lipinski definition) is 5. The van der Waals surface area contributed by atoms with Crippen molar-refractivity contribution in [1.29, 1.82) is 0 Å². The highest BCUT2D eigenvalue weighted by molar-refractivity contribution is 5.83. The summed E-state index contributed by atoms with van der Waals surface area (Å²) in [6.45, 7) is 1.75. The van der Waals surface area contributed by atoms with Crippen molar-refractivity contribution in [2.24, 2.45) is 0 Å². The Labute approximate surface area is 88.5 Å². The molecule has 6 nitrogen and oxygen atoms in total. The molecular weight excluding hydrogens is 194 g/mol. The smallest absolute Gasteiger partial charge is 0.244 e. The van der Waals surface area contributed by atoms with Crippen molar-refractivity contribution in [2.45, 2.75) is 13.0 Å². The number of hydrogen-bond donors (Lipinski definition) is 2. The van der Waals surface area contributed by atoms with Crippen molar-refractivity contribution < 1.29 is 4.79 Å². The molecule has 0 aliphatic rings. The number of aromatic nitrogens is 2. The molecule has 0 aromatic carbocycles. The van der Waals surface area contributed by atoms with Crippen LogP contribution in [0.3, 0.4) is 0 Å². The standard InChI is InChI=1S/C9H15N5O/c1-6(8(15)14(2)3)13-9-11-4-7(10)5-12-9/h4-6H,10H2,1-3H3,(H,11,12,13). The Balaban J connectivity index is 2.62. The Hall–Kier alpha value is -1.85. The van der Waals surface area contributed by atoms with Gasteiger partial charge in [0.2, 0.25) is 11.9 Å². The number of anilines is 2. The fourth-order valence-electron chi connectivity index (χ4n) is 1.06. The number of likely N-dealkylation sites (N-methyl/N-ethyl adjacent to an activating group) is 1. The molecule has 1 unspecified atom stereocenters. The van der Waals surface area contributed by atoms with Crippen LogP contribution in [0.4, 0.5) is 11.6 Å². The summed E-state index contributed by atoms with van der Waals surface area (Å²) in [7, 11) is 3.40. The van der Waals surface area contributed by atoms with E-state index in [2.05, 4.69) is 15.3 Å². The summed E-state index contributed by atoms with van der Waals surface area (Å²) in [6, 6.07) is -0.358. The summed E-state index contributed by atoms with van der Waals surface area (Å²) in [5.74, 6) is 0.363. The third-order valence-electron chi connectivity index (χ3n) is 1.83. The summed E-state index contributed by atoms with van der Waals surface area (Å²) in [6.07, 6.45) is 2.98. The van der Waals surface area contributed by atoms with Gasteiger partial charge >= 0.3 is 0 Å². The van der Waals surface area contributed by atoms with E-state index in [1.165, 1.54) is 17.3 Å². The number of nitrogens with zero attached hydrogens (tertiary/aromatic N) is 3. The molecule has 1 aromatic rings. The molecule has 3 N–H and O–H groups in total. The number of amides is 1. The summed E-state index contributed by atoms with van der Waals surface area (Å²) < 4.78 is 0. The predicted octanol–water partition coefficient (Wildman–Crippen LogP) is -0.0526. The van der Waals surface area contributed by atoms with Crippen molar-refractivity contribution in [3.63, 3.8) is 0 Å². The number of rotatable bonds is 3. The second kappa shape index (κ2) is 4.59. The highest BCUT2D eigenvalue weighted by Gasteiger charge is 2.14. The number of nitrogens with one attached hydrogen (secondary N) is 1. The van der Waals surface area contributed by atoms with Crippen LogP contribution in [0.1, 0.15) is 6.92 Å². The van der Waals surface area contributed by atoms with Crippen LogP contribution in [0, 0.1) is 0 Å². The molecule has 0 fully saturated rings. The van der Waals surface area contributed by atoms with Crippen LogP contribution in [0.5, 0.6) is 0 Å². The largest absolute Gasteiger partial charge is 0.396 e. The summed E-state index contributed by atoms with van der Waals surface area (Å²) >= 11 is 0. The monoisotopic (exact) mass is 209 g/mol. The molecule has 0 saturated carbocycles. The zero-order valence-electron chi connectivity index (χ0n) is 9.06. The van der Waals surface area contributed by atoms with Crippen LogP contribution in [0.2, 0.25) is 0 Å². The highest BCUT2D eigenvalue weighted by Crippen LogP contribution is 2.03. The molecule has 0 radical (unpaired) electrons. The van der Waals surface area contributed by atoms with E-state index in [0.717, 1.165) is 0 Å². The van der Waals surface area contributed by atoms with Crippen LogP contribution in [0.15, 0.2) is 12.4 Å². The summed E-state index contributed by atoms with van der Waals surface area (Å²) in [5.41, 5.74) is 5.93. The minimum absolute atomic E-state index is 0.0320. The zero-order chi connectivity index (χ0) is 11.4. The Kier molecular flexibility index (Phi) is 3.43.